The molecular formula is C24H24N4O2. The average molecular weight is 400 g/mol. The predicted molar refractivity (Wildman–Crippen MR) is 116 cm³/mol. The van der Waals surface area contributed by atoms with Crippen molar-refractivity contribution in [1.29, 1.82) is 0 Å². The number of fused-ring (bicyclic) bond motifs is 1. The van der Waals surface area contributed by atoms with E-state index < -0.39 is 0 Å². The van der Waals surface area contributed by atoms with E-state index in [-0.39, 0.29) is 23.9 Å². The van der Waals surface area contributed by atoms with Gasteiger partial charge in [-0.25, -0.2) is 9.97 Å². The fraction of sp³-hybridized carbons (Fsp3) is 0.333. The Morgan fingerprint density at radius 3 is 2.20 bits per heavy atom. The molecule has 0 bridgehead atoms. The summed E-state index contributed by atoms with van der Waals surface area (Å²) in [7, 11) is 0. The molecule has 6 nitrogen and oxygen atoms in total. The van der Waals surface area contributed by atoms with E-state index in [2.05, 4.69) is 5.32 Å². The van der Waals surface area contributed by atoms with E-state index in [4.69, 9.17) is 9.97 Å². The minimum Gasteiger partial charge on any atom is -0.367 e. The summed E-state index contributed by atoms with van der Waals surface area (Å²) in [6.07, 6.45) is 4.22. The van der Waals surface area contributed by atoms with Crippen molar-refractivity contribution in [2.24, 2.45) is 0 Å². The van der Waals surface area contributed by atoms with Crippen LogP contribution < -0.4 is 5.32 Å². The molecule has 5 rings (SSSR count). The SMILES string of the molecule is O=C1CCC(=O)N1C1CCC(Nc2nc(-c3ccccc3)nc3ccccc23)CC1. The van der Waals surface area contributed by atoms with Crippen molar-refractivity contribution in [2.45, 2.75) is 50.6 Å². The third-order valence-corrected chi connectivity index (χ3v) is 6.13. The lowest BCUT2D eigenvalue weighted by Gasteiger charge is -2.34. The van der Waals surface area contributed by atoms with Gasteiger partial charge >= 0.3 is 0 Å². The Bertz CT molecular complexity index is 1070. The summed E-state index contributed by atoms with van der Waals surface area (Å²) in [5.74, 6) is 1.53. The summed E-state index contributed by atoms with van der Waals surface area (Å²) in [5, 5.41) is 4.63. The van der Waals surface area contributed by atoms with Crippen molar-refractivity contribution in [3.63, 3.8) is 0 Å². The number of carbonyl (C=O) groups is 2. The maximum absolute atomic E-state index is 12.0. The molecule has 30 heavy (non-hydrogen) atoms. The number of anilines is 1. The van der Waals surface area contributed by atoms with Crippen LogP contribution in [0.15, 0.2) is 54.6 Å². The quantitative estimate of drug-likeness (QED) is 0.666. The van der Waals surface area contributed by atoms with Crippen LogP contribution in [0.1, 0.15) is 38.5 Å². The predicted octanol–water partition coefficient (Wildman–Crippen LogP) is 4.17. The van der Waals surface area contributed by atoms with E-state index in [1.54, 1.807) is 0 Å². The monoisotopic (exact) mass is 400 g/mol. The lowest BCUT2D eigenvalue weighted by atomic mass is 9.90. The molecule has 6 heteroatoms. The zero-order valence-corrected chi connectivity index (χ0v) is 16.8. The van der Waals surface area contributed by atoms with Gasteiger partial charge in [-0.05, 0) is 37.8 Å². The van der Waals surface area contributed by atoms with Gasteiger partial charge in [0, 0.05) is 35.9 Å². The highest BCUT2D eigenvalue weighted by Crippen LogP contribution is 2.31. The summed E-state index contributed by atoms with van der Waals surface area (Å²) in [5.41, 5.74) is 1.90. The van der Waals surface area contributed by atoms with E-state index in [0.717, 1.165) is 48.0 Å². The number of para-hydroxylation sites is 1. The molecule has 2 amide bonds. The lowest BCUT2D eigenvalue weighted by molar-refractivity contribution is -0.141. The molecule has 1 saturated carbocycles. The number of likely N-dealkylation sites (tertiary alicyclic amines) is 1. The highest BCUT2D eigenvalue weighted by atomic mass is 16.2. The van der Waals surface area contributed by atoms with Gasteiger partial charge in [0.25, 0.3) is 0 Å². The Balaban J connectivity index is 1.37. The Hall–Kier alpha value is -3.28. The number of nitrogens with zero attached hydrogens (tertiary/aromatic N) is 3. The number of benzene rings is 2. The third kappa shape index (κ3) is 3.54. The highest BCUT2D eigenvalue weighted by molar-refractivity contribution is 6.02. The van der Waals surface area contributed by atoms with Crippen molar-refractivity contribution >= 4 is 28.5 Å². The number of hydrogen-bond donors (Lipinski definition) is 1. The fourth-order valence-corrected chi connectivity index (χ4v) is 4.58. The molecule has 2 heterocycles. The van der Waals surface area contributed by atoms with E-state index in [9.17, 15) is 9.59 Å². The van der Waals surface area contributed by atoms with Crippen LogP contribution in [0.2, 0.25) is 0 Å². The smallest absolute Gasteiger partial charge is 0.229 e. The zero-order chi connectivity index (χ0) is 20.5. The topological polar surface area (TPSA) is 75.2 Å². The van der Waals surface area contributed by atoms with Crippen LogP contribution in [-0.4, -0.2) is 38.8 Å². The normalized spacial score (nSPS) is 21.9. The first kappa shape index (κ1) is 18.7. The van der Waals surface area contributed by atoms with Gasteiger partial charge in [-0.3, -0.25) is 14.5 Å². The molecule has 2 aliphatic rings. The minimum absolute atomic E-state index is 0.00861. The molecule has 0 unspecified atom stereocenters. The second-order valence-corrected chi connectivity index (χ2v) is 8.09. The first-order valence-electron chi connectivity index (χ1n) is 10.6. The van der Waals surface area contributed by atoms with Gasteiger partial charge in [-0.1, -0.05) is 42.5 Å². The first-order chi connectivity index (χ1) is 14.7. The Labute approximate surface area is 175 Å². The standard InChI is InChI=1S/C24H24N4O2/c29-21-14-15-22(30)28(21)18-12-10-17(11-13-18)25-24-19-8-4-5-9-20(19)26-23(27-24)16-6-2-1-3-7-16/h1-9,17-18H,10-15H2,(H,25,26,27). The molecule has 2 aromatic carbocycles. The Morgan fingerprint density at radius 1 is 0.800 bits per heavy atom. The number of rotatable bonds is 4. The van der Waals surface area contributed by atoms with Gasteiger partial charge in [-0.15, -0.1) is 0 Å². The molecule has 1 saturated heterocycles. The third-order valence-electron chi connectivity index (χ3n) is 6.13. The second kappa shape index (κ2) is 7.86. The molecule has 1 aliphatic heterocycles. The van der Waals surface area contributed by atoms with Crippen LogP contribution in [0.25, 0.3) is 22.3 Å². The number of hydrogen-bond acceptors (Lipinski definition) is 5. The van der Waals surface area contributed by atoms with Crippen LogP contribution in [-0.2, 0) is 9.59 Å². The molecular weight excluding hydrogens is 376 g/mol. The van der Waals surface area contributed by atoms with E-state index in [0.29, 0.717) is 18.7 Å². The van der Waals surface area contributed by atoms with E-state index in [1.807, 2.05) is 54.6 Å². The summed E-state index contributed by atoms with van der Waals surface area (Å²) in [4.78, 5) is 35.2. The van der Waals surface area contributed by atoms with Crippen LogP contribution in [0.4, 0.5) is 5.82 Å². The number of carbonyl (C=O) groups excluding carboxylic acids is 2. The van der Waals surface area contributed by atoms with Crippen molar-refractivity contribution in [3.05, 3.63) is 54.6 Å². The molecule has 1 aromatic heterocycles. The molecule has 1 N–H and O–H groups in total. The van der Waals surface area contributed by atoms with Crippen LogP contribution in [0, 0.1) is 0 Å². The maximum Gasteiger partial charge on any atom is 0.229 e. The summed E-state index contributed by atoms with van der Waals surface area (Å²) >= 11 is 0. The number of nitrogens with one attached hydrogen (secondary N) is 1. The summed E-state index contributed by atoms with van der Waals surface area (Å²) in [6.45, 7) is 0. The number of aromatic nitrogens is 2. The van der Waals surface area contributed by atoms with Crippen molar-refractivity contribution in [1.82, 2.24) is 14.9 Å². The van der Waals surface area contributed by atoms with E-state index in [1.165, 1.54) is 4.90 Å². The maximum atomic E-state index is 12.0. The number of imide groups is 1. The Morgan fingerprint density at radius 2 is 1.47 bits per heavy atom. The van der Waals surface area contributed by atoms with Crippen LogP contribution >= 0.6 is 0 Å². The van der Waals surface area contributed by atoms with Crippen molar-refractivity contribution < 1.29 is 9.59 Å². The molecule has 152 valence electrons. The van der Waals surface area contributed by atoms with Gasteiger partial charge in [0.2, 0.25) is 11.8 Å². The summed E-state index contributed by atoms with van der Waals surface area (Å²) in [6, 6.07) is 18.3. The first-order valence-corrected chi connectivity index (χ1v) is 10.6. The molecule has 0 atom stereocenters. The molecule has 0 radical (unpaired) electrons. The zero-order valence-electron chi connectivity index (χ0n) is 16.8. The Kier molecular flexibility index (Phi) is 4.91. The van der Waals surface area contributed by atoms with Gasteiger partial charge in [0.1, 0.15) is 5.82 Å². The molecule has 3 aromatic rings. The van der Waals surface area contributed by atoms with Gasteiger partial charge in [0.15, 0.2) is 5.82 Å². The van der Waals surface area contributed by atoms with Crippen LogP contribution in [0.3, 0.4) is 0 Å². The lowest BCUT2D eigenvalue weighted by Crippen LogP contribution is -2.43. The summed E-state index contributed by atoms with van der Waals surface area (Å²) < 4.78 is 0. The van der Waals surface area contributed by atoms with Crippen molar-refractivity contribution in [3.8, 4) is 11.4 Å². The average Bonchev–Trinajstić information content (AvgIpc) is 3.13. The molecule has 2 fully saturated rings. The highest BCUT2D eigenvalue weighted by Gasteiger charge is 2.36. The molecule has 0 spiro atoms. The minimum atomic E-state index is -0.00861. The van der Waals surface area contributed by atoms with E-state index >= 15 is 0 Å². The largest absolute Gasteiger partial charge is 0.367 e. The van der Waals surface area contributed by atoms with Gasteiger partial charge in [0.05, 0.1) is 5.52 Å². The van der Waals surface area contributed by atoms with Crippen LogP contribution in [0.5, 0.6) is 0 Å². The second-order valence-electron chi connectivity index (χ2n) is 8.09. The number of amides is 2. The molecule has 1 aliphatic carbocycles. The van der Waals surface area contributed by atoms with Gasteiger partial charge < -0.3 is 5.32 Å². The van der Waals surface area contributed by atoms with Crippen molar-refractivity contribution in [2.75, 3.05) is 5.32 Å². The fourth-order valence-electron chi connectivity index (χ4n) is 4.58. The van der Waals surface area contributed by atoms with Gasteiger partial charge in [-0.2, -0.15) is 0 Å².